The molecule has 0 aliphatic carbocycles. The smallest absolute Gasteiger partial charge is 0.243 e. The van der Waals surface area contributed by atoms with E-state index in [1.165, 1.54) is 16.3 Å². The Kier molecular flexibility index (Phi) is 12.5. The van der Waals surface area contributed by atoms with Crippen LogP contribution in [0.3, 0.4) is 0 Å². The molecule has 1 unspecified atom stereocenters. The Morgan fingerprint density at radius 1 is 1.00 bits per heavy atom. The molecule has 0 saturated heterocycles. The average molecular weight is 635 g/mol. The van der Waals surface area contributed by atoms with Crippen LogP contribution in [0.5, 0.6) is 5.75 Å². The molecule has 8 nitrogen and oxygen atoms in total. The van der Waals surface area contributed by atoms with Gasteiger partial charge in [-0.3, -0.25) is 13.9 Å². The molecular formula is C31H37Cl2N3O5S. The highest BCUT2D eigenvalue weighted by Crippen LogP contribution is 2.30. The summed E-state index contributed by atoms with van der Waals surface area (Å²) in [6.07, 6.45) is 2.36. The van der Waals surface area contributed by atoms with E-state index in [1.54, 1.807) is 42.5 Å². The van der Waals surface area contributed by atoms with E-state index in [0.29, 0.717) is 40.0 Å². The third kappa shape index (κ3) is 9.37. The quantitative estimate of drug-likeness (QED) is 0.231. The Bertz CT molecular complexity index is 1450. The molecule has 3 aromatic rings. The summed E-state index contributed by atoms with van der Waals surface area (Å²) in [5.41, 5.74) is 1.93. The van der Waals surface area contributed by atoms with E-state index in [9.17, 15) is 18.0 Å². The van der Waals surface area contributed by atoms with Gasteiger partial charge >= 0.3 is 0 Å². The molecular weight excluding hydrogens is 597 g/mol. The molecule has 0 aliphatic rings. The Labute approximate surface area is 258 Å². The summed E-state index contributed by atoms with van der Waals surface area (Å²) in [4.78, 5) is 28.9. The average Bonchev–Trinajstić information content (AvgIpc) is 2.96. The Morgan fingerprint density at radius 2 is 1.69 bits per heavy atom. The first-order valence-electron chi connectivity index (χ1n) is 13.7. The molecule has 1 atom stereocenters. The first-order valence-corrected chi connectivity index (χ1v) is 16.3. The highest BCUT2D eigenvalue weighted by molar-refractivity contribution is 7.92. The van der Waals surface area contributed by atoms with Crippen LogP contribution >= 0.6 is 23.2 Å². The minimum absolute atomic E-state index is 0.00126. The normalized spacial score (nSPS) is 11.9. The van der Waals surface area contributed by atoms with Gasteiger partial charge in [-0.2, -0.15) is 0 Å². The third-order valence-electron chi connectivity index (χ3n) is 6.68. The maximum absolute atomic E-state index is 13.9. The molecule has 226 valence electrons. The summed E-state index contributed by atoms with van der Waals surface area (Å²) in [7, 11) is -2.20. The van der Waals surface area contributed by atoms with Crippen molar-refractivity contribution in [3.05, 3.63) is 94.0 Å². The van der Waals surface area contributed by atoms with E-state index in [1.807, 2.05) is 37.3 Å². The van der Waals surface area contributed by atoms with Gasteiger partial charge in [0.2, 0.25) is 21.8 Å². The monoisotopic (exact) mass is 633 g/mol. The number of carbonyl (C=O) groups excluding carboxylic acids is 2. The van der Waals surface area contributed by atoms with Crippen LogP contribution in [0.15, 0.2) is 72.8 Å². The van der Waals surface area contributed by atoms with Crippen LogP contribution in [-0.2, 0) is 32.6 Å². The van der Waals surface area contributed by atoms with E-state index < -0.39 is 16.1 Å². The van der Waals surface area contributed by atoms with E-state index in [4.69, 9.17) is 27.9 Å². The van der Waals surface area contributed by atoms with E-state index in [-0.39, 0.29) is 37.7 Å². The zero-order valence-electron chi connectivity index (χ0n) is 24.1. The van der Waals surface area contributed by atoms with Gasteiger partial charge in [-0.15, -0.1) is 0 Å². The fourth-order valence-corrected chi connectivity index (χ4v) is 6.01. The van der Waals surface area contributed by atoms with Gasteiger partial charge < -0.3 is 15.0 Å². The number of rotatable bonds is 15. The largest absolute Gasteiger partial charge is 0.495 e. The summed E-state index contributed by atoms with van der Waals surface area (Å²) < 4.78 is 32.0. The second-order valence-electron chi connectivity index (χ2n) is 9.86. The summed E-state index contributed by atoms with van der Waals surface area (Å²) in [6, 6.07) is 20.5. The lowest BCUT2D eigenvalue weighted by Crippen LogP contribution is -2.50. The van der Waals surface area contributed by atoms with E-state index >= 15 is 0 Å². The predicted octanol–water partition coefficient (Wildman–Crippen LogP) is 5.71. The molecule has 2 amide bonds. The van der Waals surface area contributed by atoms with Crippen molar-refractivity contribution in [1.29, 1.82) is 0 Å². The predicted molar refractivity (Wildman–Crippen MR) is 169 cm³/mol. The van der Waals surface area contributed by atoms with Crippen molar-refractivity contribution in [3.8, 4) is 5.75 Å². The molecule has 11 heteroatoms. The number of benzene rings is 3. The Hall–Kier alpha value is -3.27. The number of nitrogens with one attached hydrogen (secondary N) is 1. The summed E-state index contributed by atoms with van der Waals surface area (Å²) >= 11 is 12.6. The van der Waals surface area contributed by atoms with Crippen molar-refractivity contribution in [3.63, 3.8) is 0 Å². The van der Waals surface area contributed by atoms with Crippen LogP contribution in [-0.4, -0.2) is 57.6 Å². The number of amides is 2. The zero-order valence-corrected chi connectivity index (χ0v) is 26.4. The van der Waals surface area contributed by atoms with Gasteiger partial charge in [0.25, 0.3) is 0 Å². The number of methoxy groups -OCH3 is 1. The fraction of sp³-hybridized carbons (Fsp3) is 0.355. The fourth-order valence-electron chi connectivity index (χ4n) is 4.57. The van der Waals surface area contributed by atoms with Crippen molar-refractivity contribution >= 4 is 50.7 Å². The highest BCUT2D eigenvalue weighted by atomic mass is 35.5. The molecule has 3 aromatic carbocycles. The minimum atomic E-state index is -3.67. The molecule has 0 aliphatic heterocycles. The van der Waals surface area contributed by atoms with Gasteiger partial charge in [-0.25, -0.2) is 8.42 Å². The lowest BCUT2D eigenvalue weighted by molar-refractivity contribution is -0.141. The number of nitrogens with zero attached hydrogens (tertiary/aromatic N) is 2. The first kappa shape index (κ1) is 33.2. The van der Waals surface area contributed by atoms with Crippen LogP contribution in [0.25, 0.3) is 0 Å². The number of ether oxygens (including phenoxy) is 1. The summed E-state index contributed by atoms with van der Waals surface area (Å²) in [5, 5.41) is 3.78. The van der Waals surface area contributed by atoms with Crippen LogP contribution in [0.4, 0.5) is 5.69 Å². The van der Waals surface area contributed by atoms with Crippen molar-refractivity contribution in [1.82, 2.24) is 10.2 Å². The van der Waals surface area contributed by atoms with Gasteiger partial charge in [-0.1, -0.05) is 78.7 Å². The molecule has 0 saturated carbocycles. The maximum atomic E-state index is 13.9. The topological polar surface area (TPSA) is 96.0 Å². The first-order chi connectivity index (χ1) is 20.0. The zero-order chi connectivity index (χ0) is 30.7. The minimum Gasteiger partial charge on any atom is -0.495 e. The van der Waals surface area contributed by atoms with Crippen molar-refractivity contribution in [2.45, 2.75) is 45.2 Å². The molecule has 0 bridgehead atoms. The maximum Gasteiger partial charge on any atom is 0.243 e. The lowest BCUT2D eigenvalue weighted by Gasteiger charge is -2.32. The Balaban J connectivity index is 1.91. The van der Waals surface area contributed by atoms with Crippen molar-refractivity contribution in [2.75, 3.05) is 30.8 Å². The summed E-state index contributed by atoms with van der Waals surface area (Å²) in [6.45, 7) is 2.55. The number of anilines is 1. The number of para-hydroxylation sites is 2. The van der Waals surface area contributed by atoms with E-state index in [2.05, 4.69) is 5.32 Å². The molecule has 0 heterocycles. The lowest BCUT2D eigenvalue weighted by atomic mass is 10.0. The molecule has 0 spiro atoms. The molecule has 1 N–H and O–H groups in total. The number of hydrogen-bond acceptors (Lipinski definition) is 5. The van der Waals surface area contributed by atoms with Gasteiger partial charge in [-0.05, 0) is 48.2 Å². The Morgan fingerprint density at radius 3 is 2.33 bits per heavy atom. The molecule has 3 rings (SSSR count). The van der Waals surface area contributed by atoms with Crippen molar-refractivity contribution in [2.24, 2.45) is 0 Å². The summed E-state index contributed by atoms with van der Waals surface area (Å²) in [5.74, 6) is -0.170. The van der Waals surface area contributed by atoms with Crippen LogP contribution < -0.4 is 14.4 Å². The second-order valence-corrected chi connectivity index (χ2v) is 12.6. The molecule has 0 radical (unpaired) electrons. The number of carbonyl (C=O) groups is 2. The van der Waals surface area contributed by atoms with Gasteiger partial charge in [0, 0.05) is 42.5 Å². The van der Waals surface area contributed by atoms with Crippen LogP contribution in [0, 0.1) is 0 Å². The van der Waals surface area contributed by atoms with Gasteiger partial charge in [0.05, 0.1) is 19.1 Å². The molecule has 0 aromatic heterocycles. The highest BCUT2D eigenvalue weighted by Gasteiger charge is 2.31. The standard InChI is InChI=1S/C31H37Cl2N3O5S/c1-4-18-34-31(38)28(20-23-11-6-5-7-12-23)35(22-24-16-17-25(32)21-26(24)33)30(37)15-10-19-36(42(3,39)40)27-13-8-9-14-29(27)41-2/h5-9,11-14,16-17,21,28H,4,10,15,18-20,22H2,1-3H3,(H,34,38). The number of sulfonamides is 1. The van der Waals surface area contributed by atoms with E-state index in [0.717, 1.165) is 18.2 Å². The van der Waals surface area contributed by atoms with Gasteiger partial charge in [0.1, 0.15) is 11.8 Å². The van der Waals surface area contributed by atoms with Gasteiger partial charge in [0.15, 0.2) is 0 Å². The van der Waals surface area contributed by atoms with Crippen LogP contribution in [0.2, 0.25) is 10.0 Å². The third-order valence-corrected chi connectivity index (χ3v) is 8.45. The molecule has 0 fully saturated rings. The molecule has 42 heavy (non-hydrogen) atoms. The SMILES string of the molecule is CCCNC(=O)C(Cc1ccccc1)N(Cc1ccc(Cl)cc1Cl)C(=O)CCCN(c1ccccc1OC)S(C)(=O)=O. The van der Waals surface area contributed by atoms with Crippen molar-refractivity contribution < 1.29 is 22.7 Å². The number of halogens is 2. The second kappa shape index (κ2) is 15.8. The van der Waals surface area contributed by atoms with Crippen LogP contribution in [0.1, 0.15) is 37.3 Å². The number of hydrogen-bond donors (Lipinski definition) is 1.